The molecule has 2 aromatic carbocycles. The van der Waals surface area contributed by atoms with Gasteiger partial charge in [-0.25, -0.2) is 0 Å². The van der Waals surface area contributed by atoms with Crippen LogP contribution in [0.1, 0.15) is 35.6 Å². The molecule has 1 aromatic heterocycles. The zero-order valence-corrected chi connectivity index (χ0v) is 16.2. The minimum absolute atomic E-state index is 0.0591. The highest BCUT2D eigenvalue weighted by Crippen LogP contribution is 2.33. The molecule has 0 fully saturated rings. The van der Waals surface area contributed by atoms with Crippen LogP contribution in [0, 0.1) is 0 Å². The fraction of sp³-hybridized carbons (Fsp3) is 0.250. The summed E-state index contributed by atoms with van der Waals surface area (Å²) < 4.78 is 15.5. The van der Waals surface area contributed by atoms with E-state index < -0.39 is 0 Å². The van der Waals surface area contributed by atoms with E-state index in [1.54, 1.807) is 18.2 Å². The maximum atomic E-state index is 12.1. The Kier molecular flexibility index (Phi) is 6.03. The standard InChI is InChI=1S/C20H21N3O3S/c1-13(2)21-19(24)15-9-10-16(17(12-15)25-3)26-20-22-18(23-27-20)11-14-7-5-4-6-8-14/h4-10,12-13H,11H2,1-3H3,(H,21,24). The molecule has 1 amide bonds. The van der Waals surface area contributed by atoms with Gasteiger partial charge < -0.3 is 14.8 Å². The second-order valence-corrected chi connectivity index (χ2v) is 6.95. The molecule has 1 N–H and O–H groups in total. The van der Waals surface area contributed by atoms with Crippen LogP contribution in [0.2, 0.25) is 0 Å². The van der Waals surface area contributed by atoms with Crippen LogP contribution in [0.25, 0.3) is 0 Å². The smallest absolute Gasteiger partial charge is 0.298 e. The molecule has 7 heteroatoms. The fourth-order valence-electron chi connectivity index (χ4n) is 2.46. The molecule has 0 aliphatic carbocycles. The Labute approximate surface area is 162 Å². The molecular formula is C20H21N3O3S. The first-order chi connectivity index (χ1) is 13.0. The van der Waals surface area contributed by atoms with E-state index in [0.29, 0.717) is 34.5 Å². The van der Waals surface area contributed by atoms with E-state index in [4.69, 9.17) is 9.47 Å². The third kappa shape index (κ3) is 5.04. The van der Waals surface area contributed by atoms with Crippen molar-refractivity contribution in [1.82, 2.24) is 14.7 Å². The second kappa shape index (κ2) is 8.64. The zero-order valence-electron chi connectivity index (χ0n) is 15.4. The maximum Gasteiger partial charge on any atom is 0.298 e. The lowest BCUT2D eigenvalue weighted by atomic mass is 10.1. The van der Waals surface area contributed by atoms with Crippen LogP contribution in [0.15, 0.2) is 48.5 Å². The van der Waals surface area contributed by atoms with Crippen molar-refractivity contribution in [1.29, 1.82) is 0 Å². The maximum absolute atomic E-state index is 12.1. The lowest BCUT2D eigenvalue weighted by Gasteiger charge is -2.11. The number of benzene rings is 2. The van der Waals surface area contributed by atoms with Crippen LogP contribution >= 0.6 is 11.5 Å². The molecule has 0 unspecified atom stereocenters. The number of hydrogen-bond acceptors (Lipinski definition) is 6. The topological polar surface area (TPSA) is 73.3 Å². The number of carbonyl (C=O) groups is 1. The molecule has 0 radical (unpaired) electrons. The SMILES string of the molecule is COc1cc(C(=O)NC(C)C)ccc1Oc1nc(Cc2ccccc2)ns1. The van der Waals surface area contributed by atoms with Gasteiger partial charge in [-0.05, 0) is 37.6 Å². The first-order valence-corrected chi connectivity index (χ1v) is 9.35. The molecular weight excluding hydrogens is 362 g/mol. The largest absolute Gasteiger partial charge is 0.493 e. The lowest BCUT2D eigenvalue weighted by Crippen LogP contribution is -2.30. The molecule has 140 valence electrons. The monoisotopic (exact) mass is 383 g/mol. The van der Waals surface area contributed by atoms with E-state index in [9.17, 15) is 4.79 Å². The van der Waals surface area contributed by atoms with E-state index in [-0.39, 0.29) is 11.9 Å². The molecule has 0 atom stereocenters. The van der Waals surface area contributed by atoms with E-state index >= 15 is 0 Å². The van der Waals surface area contributed by atoms with Gasteiger partial charge in [0.25, 0.3) is 11.1 Å². The molecule has 3 rings (SSSR count). The first kappa shape index (κ1) is 18.8. The van der Waals surface area contributed by atoms with E-state index in [2.05, 4.69) is 14.7 Å². The molecule has 0 aliphatic heterocycles. The predicted molar refractivity (Wildman–Crippen MR) is 105 cm³/mol. The number of hydrogen-bond donors (Lipinski definition) is 1. The van der Waals surface area contributed by atoms with Gasteiger partial charge in [-0.3, -0.25) is 4.79 Å². The quantitative estimate of drug-likeness (QED) is 0.666. The van der Waals surface area contributed by atoms with Crippen LogP contribution < -0.4 is 14.8 Å². The highest BCUT2D eigenvalue weighted by molar-refractivity contribution is 7.07. The van der Waals surface area contributed by atoms with E-state index in [0.717, 1.165) is 5.56 Å². The van der Waals surface area contributed by atoms with Gasteiger partial charge in [0, 0.05) is 29.6 Å². The van der Waals surface area contributed by atoms with Crippen molar-refractivity contribution < 1.29 is 14.3 Å². The van der Waals surface area contributed by atoms with Gasteiger partial charge in [-0.15, -0.1) is 0 Å². The van der Waals surface area contributed by atoms with Crippen LogP contribution in [0.3, 0.4) is 0 Å². The second-order valence-electron chi connectivity index (χ2n) is 6.23. The van der Waals surface area contributed by atoms with E-state index in [1.807, 2.05) is 44.2 Å². The average molecular weight is 383 g/mol. The summed E-state index contributed by atoms with van der Waals surface area (Å²) in [4.78, 5) is 16.6. The number of nitrogens with one attached hydrogen (secondary N) is 1. The number of nitrogens with zero attached hydrogens (tertiary/aromatic N) is 2. The fourth-order valence-corrected chi connectivity index (χ4v) is 3.02. The highest BCUT2D eigenvalue weighted by atomic mass is 32.1. The van der Waals surface area contributed by atoms with Crippen LogP contribution in [0.5, 0.6) is 16.7 Å². The Morgan fingerprint density at radius 3 is 2.63 bits per heavy atom. The van der Waals surface area contributed by atoms with Crippen molar-refractivity contribution >= 4 is 17.4 Å². The predicted octanol–water partition coefficient (Wildman–Crippen LogP) is 4.07. The van der Waals surface area contributed by atoms with Gasteiger partial charge in [0.15, 0.2) is 17.3 Å². The summed E-state index contributed by atoms with van der Waals surface area (Å²) in [5, 5.41) is 3.28. The Bertz CT molecular complexity index is 910. The molecule has 0 aliphatic rings. The Balaban J connectivity index is 1.73. The molecule has 1 heterocycles. The van der Waals surface area contributed by atoms with Gasteiger partial charge in [-0.1, -0.05) is 30.3 Å². The highest BCUT2D eigenvalue weighted by Gasteiger charge is 2.14. The Morgan fingerprint density at radius 2 is 1.93 bits per heavy atom. The van der Waals surface area contributed by atoms with Crippen molar-refractivity contribution in [3.8, 4) is 16.7 Å². The average Bonchev–Trinajstić information content (AvgIpc) is 3.09. The van der Waals surface area contributed by atoms with Crippen LogP contribution in [-0.4, -0.2) is 28.4 Å². The third-order valence-corrected chi connectivity index (χ3v) is 4.33. The zero-order chi connectivity index (χ0) is 19.2. The number of amides is 1. The molecule has 0 spiro atoms. The summed E-state index contributed by atoms with van der Waals surface area (Å²) in [6, 6.07) is 15.1. The van der Waals surface area contributed by atoms with Crippen LogP contribution in [0.4, 0.5) is 0 Å². The van der Waals surface area contributed by atoms with Gasteiger partial charge in [0.1, 0.15) is 0 Å². The minimum atomic E-state index is -0.157. The lowest BCUT2D eigenvalue weighted by molar-refractivity contribution is 0.0942. The summed E-state index contributed by atoms with van der Waals surface area (Å²) in [6.45, 7) is 3.82. The molecule has 0 bridgehead atoms. The van der Waals surface area contributed by atoms with E-state index in [1.165, 1.54) is 18.6 Å². The number of aromatic nitrogens is 2. The first-order valence-electron chi connectivity index (χ1n) is 8.58. The number of ether oxygens (including phenoxy) is 2. The Hall–Kier alpha value is -2.93. The molecule has 27 heavy (non-hydrogen) atoms. The van der Waals surface area contributed by atoms with Crippen molar-refractivity contribution in [3.05, 3.63) is 65.5 Å². The normalized spacial score (nSPS) is 10.7. The van der Waals surface area contributed by atoms with Gasteiger partial charge in [-0.2, -0.15) is 9.36 Å². The van der Waals surface area contributed by atoms with Crippen LogP contribution in [-0.2, 0) is 6.42 Å². The van der Waals surface area contributed by atoms with Gasteiger partial charge in [0.2, 0.25) is 0 Å². The summed E-state index contributed by atoms with van der Waals surface area (Å²) >= 11 is 1.18. The number of rotatable bonds is 7. The summed E-state index contributed by atoms with van der Waals surface area (Å²) in [5.41, 5.74) is 1.65. The molecule has 0 saturated carbocycles. The number of methoxy groups -OCH3 is 1. The molecule has 6 nitrogen and oxygen atoms in total. The number of carbonyl (C=O) groups excluding carboxylic acids is 1. The van der Waals surface area contributed by atoms with Gasteiger partial charge in [0.05, 0.1) is 7.11 Å². The van der Waals surface area contributed by atoms with Crippen molar-refractivity contribution in [2.75, 3.05) is 7.11 Å². The minimum Gasteiger partial charge on any atom is -0.493 e. The third-order valence-electron chi connectivity index (χ3n) is 3.70. The molecule has 3 aromatic rings. The van der Waals surface area contributed by atoms with Crippen molar-refractivity contribution in [2.24, 2.45) is 0 Å². The summed E-state index contributed by atoms with van der Waals surface area (Å²) in [7, 11) is 1.53. The molecule has 0 saturated heterocycles. The Morgan fingerprint density at radius 1 is 1.15 bits per heavy atom. The van der Waals surface area contributed by atoms with Gasteiger partial charge >= 0.3 is 0 Å². The summed E-state index contributed by atoms with van der Waals surface area (Å²) in [5.74, 6) is 1.50. The summed E-state index contributed by atoms with van der Waals surface area (Å²) in [6.07, 6.45) is 0.645. The van der Waals surface area contributed by atoms with Crippen molar-refractivity contribution in [2.45, 2.75) is 26.3 Å². The van der Waals surface area contributed by atoms with Crippen molar-refractivity contribution in [3.63, 3.8) is 0 Å².